The Morgan fingerprint density at radius 2 is 1.66 bits per heavy atom. The normalized spacial score (nSPS) is 18.5. The fourth-order valence-corrected chi connectivity index (χ4v) is 4.43. The van der Waals surface area contributed by atoms with Gasteiger partial charge in [0, 0.05) is 49.7 Å². The number of hydrogen-bond acceptors (Lipinski definition) is 4. The molecule has 2 aromatic carbocycles. The maximum absolute atomic E-state index is 12.9. The SMILES string of the molecule is CC(=CN1CCC2(CC1)CC(c1ccc(C)cc1)=NO2)C(=O)c1ccc(C(C)(C)C)cc1. The third kappa shape index (κ3) is 4.79. The van der Waals surface area contributed by atoms with Gasteiger partial charge in [-0.3, -0.25) is 4.79 Å². The fourth-order valence-electron chi connectivity index (χ4n) is 4.43. The molecule has 4 nitrogen and oxygen atoms in total. The number of rotatable bonds is 4. The van der Waals surface area contributed by atoms with E-state index in [0.717, 1.165) is 54.8 Å². The Morgan fingerprint density at radius 3 is 2.25 bits per heavy atom. The van der Waals surface area contributed by atoms with Crippen LogP contribution < -0.4 is 0 Å². The zero-order valence-corrected chi connectivity index (χ0v) is 19.9. The van der Waals surface area contributed by atoms with Crippen LogP contribution in [-0.2, 0) is 10.3 Å². The van der Waals surface area contributed by atoms with Crippen molar-refractivity contribution in [3.05, 3.63) is 82.6 Å². The van der Waals surface area contributed by atoms with E-state index in [1.807, 2.05) is 25.3 Å². The van der Waals surface area contributed by atoms with Gasteiger partial charge in [-0.2, -0.15) is 0 Å². The molecule has 2 aromatic rings. The number of aryl methyl sites for hydroxylation is 1. The Kier molecular flexibility index (Phi) is 5.98. The molecule has 0 radical (unpaired) electrons. The Labute approximate surface area is 192 Å². The van der Waals surface area contributed by atoms with E-state index in [0.29, 0.717) is 0 Å². The predicted octanol–water partition coefficient (Wildman–Crippen LogP) is 6.04. The number of benzene rings is 2. The van der Waals surface area contributed by atoms with Crippen molar-refractivity contribution in [1.29, 1.82) is 0 Å². The first-order chi connectivity index (χ1) is 15.2. The van der Waals surface area contributed by atoms with Gasteiger partial charge < -0.3 is 9.74 Å². The molecule has 1 spiro atoms. The summed E-state index contributed by atoms with van der Waals surface area (Å²) in [6.07, 6.45) is 4.68. The van der Waals surface area contributed by atoms with Crippen LogP contribution in [0, 0.1) is 6.92 Å². The standard InChI is InChI=1S/C28H34N2O2/c1-20-6-8-22(9-7-20)25-18-28(32-29-25)14-16-30(17-15-28)19-21(2)26(31)23-10-12-24(13-11-23)27(3,4)5/h6-13,19H,14-18H2,1-5H3. The number of nitrogens with zero attached hydrogens (tertiary/aromatic N) is 2. The Hall–Kier alpha value is -2.88. The molecule has 2 aliphatic rings. The summed E-state index contributed by atoms with van der Waals surface area (Å²) in [6.45, 7) is 12.3. The van der Waals surface area contributed by atoms with E-state index in [4.69, 9.17) is 4.84 Å². The van der Waals surface area contributed by atoms with Crippen LogP contribution in [0.5, 0.6) is 0 Å². The smallest absolute Gasteiger partial charge is 0.190 e. The van der Waals surface area contributed by atoms with E-state index in [1.54, 1.807) is 0 Å². The lowest BCUT2D eigenvalue weighted by molar-refractivity contribution is -0.0551. The number of likely N-dealkylation sites (tertiary alicyclic amines) is 1. The van der Waals surface area contributed by atoms with Crippen molar-refractivity contribution in [2.24, 2.45) is 5.16 Å². The fraction of sp³-hybridized carbons (Fsp3) is 0.429. The maximum Gasteiger partial charge on any atom is 0.190 e. The molecule has 0 bridgehead atoms. The van der Waals surface area contributed by atoms with Crippen molar-refractivity contribution in [2.45, 2.75) is 64.9 Å². The third-order valence-electron chi connectivity index (χ3n) is 6.68. The van der Waals surface area contributed by atoms with Gasteiger partial charge in [-0.15, -0.1) is 0 Å². The highest BCUT2D eigenvalue weighted by Crippen LogP contribution is 2.36. The summed E-state index contributed by atoms with van der Waals surface area (Å²) >= 11 is 0. The summed E-state index contributed by atoms with van der Waals surface area (Å²) in [5, 5.41) is 4.42. The minimum atomic E-state index is -0.203. The largest absolute Gasteiger partial charge is 0.388 e. The Bertz CT molecular complexity index is 1030. The molecule has 4 rings (SSSR count). The lowest BCUT2D eigenvalue weighted by Crippen LogP contribution is -2.42. The first-order valence-corrected chi connectivity index (χ1v) is 11.6. The van der Waals surface area contributed by atoms with Gasteiger partial charge in [-0.1, -0.05) is 80.0 Å². The van der Waals surface area contributed by atoms with Crippen molar-refractivity contribution < 1.29 is 9.63 Å². The highest BCUT2D eigenvalue weighted by molar-refractivity contribution is 6.08. The number of oxime groups is 1. The molecule has 0 amide bonds. The lowest BCUT2D eigenvalue weighted by Gasteiger charge is -2.37. The minimum absolute atomic E-state index is 0.0849. The second-order valence-electron chi connectivity index (χ2n) is 10.4. The van der Waals surface area contributed by atoms with Gasteiger partial charge in [-0.25, -0.2) is 0 Å². The molecular formula is C28H34N2O2. The van der Waals surface area contributed by atoms with Gasteiger partial charge in [0.15, 0.2) is 5.78 Å². The van der Waals surface area contributed by atoms with Crippen LogP contribution in [0.3, 0.4) is 0 Å². The Balaban J connectivity index is 1.35. The summed E-state index contributed by atoms with van der Waals surface area (Å²) < 4.78 is 0. The van der Waals surface area contributed by atoms with Crippen molar-refractivity contribution in [3.8, 4) is 0 Å². The maximum atomic E-state index is 12.9. The summed E-state index contributed by atoms with van der Waals surface area (Å²) in [5.41, 5.74) is 6.07. The third-order valence-corrected chi connectivity index (χ3v) is 6.68. The van der Waals surface area contributed by atoms with Gasteiger partial charge in [0.25, 0.3) is 0 Å². The lowest BCUT2D eigenvalue weighted by atomic mass is 9.85. The predicted molar refractivity (Wildman–Crippen MR) is 130 cm³/mol. The first-order valence-electron chi connectivity index (χ1n) is 11.6. The number of piperidine rings is 1. The summed E-state index contributed by atoms with van der Waals surface area (Å²) in [7, 11) is 0. The zero-order chi connectivity index (χ0) is 22.9. The second-order valence-corrected chi connectivity index (χ2v) is 10.4. The van der Waals surface area contributed by atoms with E-state index < -0.39 is 0 Å². The minimum Gasteiger partial charge on any atom is -0.388 e. The average molecular weight is 431 g/mol. The van der Waals surface area contributed by atoms with E-state index in [9.17, 15) is 4.79 Å². The van der Waals surface area contributed by atoms with Crippen molar-refractivity contribution in [1.82, 2.24) is 4.90 Å². The number of hydrogen-bond donors (Lipinski definition) is 0. The number of ketones is 1. The highest BCUT2D eigenvalue weighted by atomic mass is 16.7. The van der Waals surface area contributed by atoms with Crippen LogP contribution in [0.4, 0.5) is 0 Å². The number of allylic oxidation sites excluding steroid dienone is 1. The van der Waals surface area contributed by atoms with Crippen LogP contribution in [0.15, 0.2) is 65.5 Å². The Morgan fingerprint density at radius 1 is 1.03 bits per heavy atom. The van der Waals surface area contributed by atoms with Gasteiger partial charge in [-0.05, 0) is 30.4 Å². The molecular weight excluding hydrogens is 396 g/mol. The first kappa shape index (κ1) is 22.3. The monoisotopic (exact) mass is 430 g/mol. The molecule has 1 fully saturated rings. The molecule has 0 N–H and O–H groups in total. The molecule has 32 heavy (non-hydrogen) atoms. The van der Waals surface area contributed by atoms with Crippen molar-refractivity contribution in [3.63, 3.8) is 0 Å². The molecule has 1 saturated heterocycles. The van der Waals surface area contributed by atoms with E-state index in [1.165, 1.54) is 11.1 Å². The van der Waals surface area contributed by atoms with Crippen molar-refractivity contribution >= 4 is 11.5 Å². The summed E-state index contributed by atoms with van der Waals surface area (Å²) in [4.78, 5) is 21.1. The molecule has 0 aromatic heterocycles. The van der Waals surface area contributed by atoms with E-state index in [2.05, 4.69) is 74.1 Å². The van der Waals surface area contributed by atoms with Gasteiger partial charge in [0.05, 0.1) is 5.71 Å². The van der Waals surface area contributed by atoms with Crippen LogP contribution in [0.25, 0.3) is 0 Å². The summed E-state index contributed by atoms with van der Waals surface area (Å²) in [5.74, 6) is 0.0906. The van der Waals surface area contributed by atoms with E-state index >= 15 is 0 Å². The molecule has 168 valence electrons. The number of Topliss-reactive ketones (excluding diaryl/α,β-unsaturated/α-hetero) is 1. The molecule has 0 saturated carbocycles. The molecule has 0 atom stereocenters. The number of carbonyl (C=O) groups is 1. The second kappa shape index (κ2) is 8.57. The van der Waals surface area contributed by atoms with Gasteiger partial charge in [0.1, 0.15) is 5.60 Å². The molecule has 4 heteroatoms. The molecule has 2 aliphatic heterocycles. The highest BCUT2D eigenvalue weighted by Gasteiger charge is 2.42. The van der Waals surface area contributed by atoms with Crippen LogP contribution in [-0.4, -0.2) is 35.1 Å². The molecule has 2 heterocycles. The average Bonchev–Trinajstić information content (AvgIpc) is 3.18. The summed E-state index contributed by atoms with van der Waals surface area (Å²) in [6, 6.07) is 16.5. The molecule has 0 aliphatic carbocycles. The van der Waals surface area contributed by atoms with Crippen LogP contribution in [0.2, 0.25) is 0 Å². The quantitative estimate of drug-likeness (QED) is 0.439. The number of carbonyl (C=O) groups excluding carboxylic acids is 1. The van der Waals surface area contributed by atoms with Gasteiger partial charge >= 0.3 is 0 Å². The topological polar surface area (TPSA) is 41.9 Å². The van der Waals surface area contributed by atoms with Crippen LogP contribution in [0.1, 0.15) is 74.0 Å². The van der Waals surface area contributed by atoms with Crippen molar-refractivity contribution in [2.75, 3.05) is 13.1 Å². The van der Waals surface area contributed by atoms with Gasteiger partial charge in [0.2, 0.25) is 0 Å². The molecule has 0 unspecified atom stereocenters. The van der Waals surface area contributed by atoms with Crippen LogP contribution >= 0.6 is 0 Å². The van der Waals surface area contributed by atoms with E-state index in [-0.39, 0.29) is 16.8 Å². The zero-order valence-electron chi connectivity index (χ0n) is 19.9.